The summed E-state index contributed by atoms with van der Waals surface area (Å²) < 4.78 is 6.32. The van der Waals surface area contributed by atoms with E-state index < -0.39 is 0 Å². The third kappa shape index (κ3) is 4.68. The van der Waals surface area contributed by atoms with Crippen molar-refractivity contribution in [3.8, 4) is 56.5 Å². The molecule has 44 heavy (non-hydrogen) atoms. The molecular weight excluding hydrogens is 542 g/mol. The van der Waals surface area contributed by atoms with Crippen molar-refractivity contribution in [3.05, 3.63) is 139 Å². The maximum Gasteiger partial charge on any atom is 0.182 e. The predicted molar refractivity (Wildman–Crippen MR) is 175 cm³/mol. The van der Waals surface area contributed by atoms with Gasteiger partial charge in [-0.1, -0.05) is 103 Å². The van der Waals surface area contributed by atoms with E-state index in [1.54, 1.807) is 6.20 Å². The topological polar surface area (TPSA) is 77.6 Å². The van der Waals surface area contributed by atoms with Gasteiger partial charge >= 0.3 is 0 Å². The maximum absolute atomic E-state index is 6.32. The van der Waals surface area contributed by atoms with E-state index in [1.165, 1.54) is 5.56 Å². The number of nitrogens with zero attached hydrogens (tertiary/aromatic N) is 5. The van der Waals surface area contributed by atoms with Crippen LogP contribution in [0.25, 0.3) is 78.5 Å². The Morgan fingerprint density at radius 1 is 0.500 bits per heavy atom. The fourth-order valence-corrected chi connectivity index (χ4v) is 5.56. The molecule has 8 aromatic rings. The summed E-state index contributed by atoms with van der Waals surface area (Å²) in [4.78, 5) is 23.9. The zero-order valence-corrected chi connectivity index (χ0v) is 23.8. The van der Waals surface area contributed by atoms with E-state index in [2.05, 4.69) is 60.4 Å². The van der Waals surface area contributed by atoms with Gasteiger partial charge in [0, 0.05) is 45.4 Å². The molecule has 0 fully saturated rings. The lowest BCUT2D eigenvalue weighted by Gasteiger charge is -2.09. The van der Waals surface area contributed by atoms with Crippen molar-refractivity contribution in [2.24, 2.45) is 0 Å². The summed E-state index contributed by atoms with van der Waals surface area (Å²) in [6.07, 6.45) is 5.53. The molecular formula is C38H25N5O. The minimum Gasteiger partial charge on any atom is -0.454 e. The Hall–Kier alpha value is -6.01. The van der Waals surface area contributed by atoms with Crippen LogP contribution in [0.1, 0.15) is 5.56 Å². The Labute approximate surface area is 253 Å². The molecule has 0 N–H and O–H groups in total. The summed E-state index contributed by atoms with van der Waals surface area (Å²) in [5, 5.41) is 2.04. The SMILES string of the molecule is Cc1cccc(-c2ccc(-c3nc(-c4ccccc4)nc(-c4ccc5c(c4)oc4cncc(-c6ccccc6)c45)n3)nc2)c1. The molecule has 0 aliphatic rings. The van der Waals surface area contributed by atoms with Gasteiger partial charge in [-0.2, -0.15) is 0 Å². The molecule has 4 heterocycles. The number of hydrogen-bond donors (Lipinski definition) is 0. The van der Waals surface area contributed by atoms with Gasteiger partial charge in [-0.3, -0.25) is 9.97 Å². The second kappa shape index (κ2) is 10.7. The molecule has 0 spiro atoms. The van der Waals surface area contributed by atoms with Crippen LogP contribution in [0.4, 0.5) is 0 Å². The fourth-order valence-electron chi connectivity index (χ4n) is 5.56. The summed E-state index contributed by atoms with van der Waals surface area (Å²) in [7, 11) is 0. The standard InChI is InChI=1S/C38H25N5O/c1-24-9-8-14-27(19-24)29-16-18-32(40-21-29)38-42-36(26-12-6-3-7-13-26)41-37(43-38)28-15-17-30-33(20-28)44-34-23-39-22-31(35(30)34)25-10-4-2-5-11-25/h2-23H,1H3. The smallest absolute Gasteiger partial charge is 0.182 e. The summed E-state index contributed by atoms with van der Waals surface area (Å²) in [6.45, 7) is 2.09. The van der Waals surface area contributed by atoms with Gasteiger partial charge < -0.3 is 4.42 Å². The molecule has 0 amide bonds. The van der Waals surface area contributed by atoms with E-state index in [4.69, 9.17) is 24.4 Å². The molecule has 0 aliphatic heterocycles. The third-order valence-corrected chi connectivity index (χ3v) is 7.74. The zero-order chi connectivity index (χ0) is 29.5. The Balaban J connectivity index is 1.25. The lowest BCUT2D eigenvalue weighted by molar-refractivity contribution is 0.667. The Morgan fingerprint density at radius 3 is 1.95 bits per heavy atom. The number of hydrogen-bond acceptors (Lipinski definition) is 6. The lowest BCUT2D eigenvalue weighted by atomic mass is 10.0. The molecule has 0 bridgehead atoms. The van der Waals surface area contributed by atoms with Gasteiger partial charge in [0.2, 0.25) is 0 Å². The third-order valence-electron chi connectivity index (χ3n) is 7.74. The van der Waals surface area contributed by atoms with Gasteiger partial charge in [0.15, 0.2) is 23.1 Å². The van der Waals surface area contributed by atoms with Crippen LogP contribution in [-0.4, -0.2) is 24.9 Å². The van der Waals surface area contributed by atoms with Crippen LogP contribution in [-0.2, 0) is 0 Å². The van der Waals surface area contributed by atoms with Crippen molar-refractivity contribution < 1.29 is 4.42 Å². The molecule has 8 rings (SSSR count). The van der Waals surface area contributed by atoms with Crippen molar-refractivity contribution in [3.63, 3.8) is 0 Å². The van der Waals surface area contributed by atoms with Crippen LogP contribution in [0.5, 0.6) is 0 Å². The number of aromatic nitrogens is 5. The first-order chi connectivity index (χ1) is 21.7. The maximum atomic E-state index is 6.32. The minimum atomic E-state index is 0.505. The number of rotatable bonds is 5. The molecule has 0 atom stereocenters. The predicted octanol–water partition coefficient (Wildman–Crippen LogP) is 9.20. The number of fused-ring (bicyclic) bond motifs is 3. The highest BCUT2D eigenvalue weighted by Gasteiger charge is 2.17. The summed E-state index contributed by atoms with van der Waals surface area (Å²) in [5.41, 5.74) is 9.35. The van der Waals surface area contributed by atoms with Gasteiger partial charge in [0.1, 0.15) is 11.3 Å². The van der Waals surface area contributed by atoms with Crippen molar-refractivity contribution in [1.29, 1.82) is 0 Å². The minimum absolute atomic E-state index is 0.505. The number of benzene rings is 4. The van der Waals surface area contributed by atoms with E-state index in [0.29, 0.717) is 23.2 Å². The molecule has 4 aromatic heterocycles. The molecule has 0 unspecified atom stereocenters. The van der Waals surface area contributed by atoms with E-state index in [9.17, 15) is 0 Å². The van der Waals surface area contributed by atoms with E-state index >= 15 is 0 Å². The van der Waals surface area contributed by atoms with Gasteiger partial charge in [0.05, 0.1) is 6.20 Å². The van der Waals surface area contributed by atoms with Crippen molar-refractivity contribution in [1.82, 2.24) is 24.9 Å². The highest BCUT2D eigenvalue weighted by molar-refractivity contribution is 6.12. The first-order valence-corrected chi connectivity index (χ1v) is 14.4. The second-order valence-corrected chi connectivity index (χ2v) is 10.7. The molecule has 0 radical (unpaired) electrons. The second-order valence-electron chi connectivity index (χ2n) is 10.7. The van der Waals surface area contributed by atoms with Crippen LogP contribution in [0.2, 0.25) is 0 Å². The van der Waals surface area contributed by atoms with Crippen molar-refractivity contribution in [2.45, 2.75) is 6.92 Å². The van der Waals surface area contributed by atoms with Crippen LogP contribution in [0.15, 0.2) is 138 Å². The average molecular weight is 568 g/mol. The monoisotopic (exact) mass is 567 g/mol. The zero-order valence-electron chi connectivity index (χ0n) is 23.8. The normalized spacial score (nSPS) is 11.3. The van der Waals surface area contributed by atoms with Gasteiger partial charge in [0.25, 0.3) is 0 Å². The first-order valence-electron chi connectivity index (χ1n) is 14.4. The van der Waals surface area contributed by atoms with E-state index in [-0.39, 0.29) is 0 Å². The highest BCUT2D eigenvalue weighted by Crippen LogP contribution is 2.37. The summed E-state index contributed by atoms with van der Waals surface area (Å²) in [6, 6.07) is 38.7. The Kier molecular flexibility index (Phi) is 6.23. The molecule has 0 aliphatic carbocycles. The van der Waals surface area contributed by atoms with E-state index in [0.717, 1.165) is 55.3 Å². The summed E-state index contributed by atoms with van der Waals surface area (Å²) >= 11 is 0. The van der Waals surface area contributed by atoms with E-state index in [1.807, 2.05) is 79.1 Å². The van der Waals surface area contributed by atoms with Crippen molar-refractivity contribution >= 4 is 21.9 Å². The average Bonchev–Trinajstić information content (AvgIpc) is 3.47. The van der Waals surface area contributed by atoms with Crippen molar-refractivity contribution in [2.75, 3.05) is 0 Å². The van der Waals surface area contributed by atoms with Crippen LogP contribution in [0.3, 0.4) is 0 Å². The van der Waals surface area contributed by atoms with Crippen LogP contribution < -0.4 is 0 Å². The quantitative estimate of drug-likeness (QED) is 0.206. The highest BCUT2D eigenvalue weighted by atomic mass is 16.3. The number of furan rings is 1. The fraction of sp³-hybridized carbons (Fsp3) is 0.0263. The largest absolute Gasteiger partial charge is 0.454 e. The Bertz CT molecular complexity index is 2280. The number of pyridine rings is 2. The van der Waals surface area contributed by atoms with Gasteiger partial charge in [-0.15, -0.1) is 0 Å². The number of aryl methyl sites for hydroxylation is 1. The summed E-state index contributed by atoms with van der Waals surface area (Å²) in [5.74, 6) is 1.63. The molecule has 6 heteroatoms. The molecule has 6 nitrogen and oxygen atoms in total. The molecule has 208 valence electrons. The molecule has 0 saturated carbocycles. The van der Waals surface area contributed by atoms with Crippen LogP contribution >= 0.6 is 0 Å². The first kappa shape index (κ1) is 25.7. The van der Waals surface area contributed by atoms with Crippen LogP contribution in [0, 0.1) is 6.92 Å². The molecule has 0 saturated heterocycles. The van der Waals surface area contributed by atoms with Gasteiger partial charge in [-0.25, -0.2) is 15.0 Å². The molecule has 4 aromatic carbocycles. The lowest BCUT2D eigenvalue weighted by Crippen LogP contribution is -2.01. The Morgan fingerprint density at radius 2 is 1.20 bits per heavy atom. The van der Waals surface area contributed by atoms with Gasteiger partial charge in [-0.05, 0) is 36.2 Å².